The molecule has 0 aliphatic carbocycles. The first-order valence-electron chi connectivity index (χ1n) is 7.79. The Morgan fingerprint density at radius 1 is 1.16 bits per heavy atom. The van der Waals surface area contributed by atoms with Crippen molar-refractivity contribution in [2.24, 2.45) is 5.92 Å². The molecule has 1 N–H and O–H groups in total. The van der Waals surface area contributed by atoms with Gasteiger partial charge in [0.1, 0.15) is 0 Å². The van der Waals surface area contributed by atoms with Crippen molar-refractivity contribution in [1.82, 2.24) is 10.2 Å². The summed E-state index contributed by atoms with van der Waals surface area (Å²) in [5.74, 6) is 0.931. The van der Waals surface area contributed by atoms with Crippen LogP contribution in [0.15, 0.2) is 24.3 Å². The standard InChI is InChI=1S/C17H28N2/c1-3-16-6-4-5-7-17(16)14-18-10-13-19-11-8-15(2)9-12-19/h4-7,15,18H,3,8-14H2,1-2H3. The molecule has 1 fully saturated rings. The van der Waals surface area contributed by atoms with Crippen LogP contribution in [0.25, 0.3) is 0 Å². The van der Waals surface area contributed by atoms with Crippen molar-refractivity contribution in [2.45, 2.75) is 39.7 Å². The molecule has 106 valence electrons. The summed E-state index contributed by atoms with van der Waals surface area (Å²) in [6.45, 7) is 10.5. The highest BCUT2D eigenvalue weighted by Crippen LogP contribution is 2.15. The van der Waals surface area contributed by atoms with E-state index >= 15 is 0 Å². The minimum atomic E-state index is 0.931. The third-order valence-electron chi connectivity index (χ3n) is 4.30. The summed E-state index contributed by atoms with van der Waals surface area (Å²) in [7, 11) is 0. The molecular weight excluding hydrogens is 232 g/mol. The van der Waals surface area contributed by atoms with Gasteiger partial charge in [-0.15, -0.1) is 0 Å². The summed E-state index contributed by atoms with van der Waals surface area (Å²) in [5, 5.41) is 3.59. The molecule has 19 heavy (non-hydrogen) atoms. The third kappa shape index (κ3) is 4.63. The Morgan fingerprint density at radius 3 is 2.53 bits per heavy atom. The van der Waals surface area contributed by atoms with Gasteiger partial charge in [-0.1, -0.05) is 38.1 Å². The molecule has 1 aliphatic heterocycles. The van der Waals surface area contributed by atoms with E-state index in [1.54, 1.807) is 0 Å². The Bertz CT molecular complexity index is 367. The van der Waals surface area contributed by atoms with Crippen LogP contribution >= 0.6 is 0 Å². The second-order valence-electron chi connectivity index (χ2n) is 5.82. The molecule has 0 amide bonds. The molecule has 1 saturated heterocycles. The number of hydrogen-bond acceptors (Lipinski definition) is 2. The molecule has 2 heteroatoms. The molecule has 2 rings (SSSR count). The van der Waals surface area contributed by atoms with Crippen molar-refractivity contribution in [2.75, 3.05) is 26.2 Å². The number of piperidine rings is 1. The Morgan fingerprint density at radius 2 is 1.84 bits per heavy atom. The van der Waals surface area contributed by atoms with Crippen LogP contribution < -0.4 is 5.32 Å². The molecule has 0 bridgehead atoms. The Kier molecular flexibility index (Phi) is 5.87. The van der Waals surface area contributed by atoms with Crippen LogP contribution in [-0.4, -0.2) is 31.1 Å². The van der Waals surface area contributed by atoms with E-state index in [-0.39, 0.29) is 0 Å². The first-order chi connectivity index (χ1) is 9.29. The fourth-order valence-electron chi connectivity index (χ4n) is 2.82. The lowest BCUT2D eigenvalue weighted by Gasteiger charge is -2.30. The van der Waals surface area contributed by atoms with Crippen LogP contribution in [0.5, 0.6) is 0 Å². The van der Waals surface area contributed by atoms with Crippen LogP contribution in [0.4, 0.5) is 0 Å². The second kappa shape index (κ2) is 7.66. The molecule has 0 spiro atoms. The summed E-state index contributed by atoms with van der Waals surface area (Å²) in [4.78, 5) is 2.60. The van der Waals surface area contributed by atoms with Gasteiger partial charge in [0, 0.05) is 19.6 Å². The second-order valence-corrected chi connectivity index (χ2v) is 5.82. The molecular formula is C17H28N2. The number of hydrogen-bond donors (Lipinski definition) is 1. The van der Waals surface area contributed by atoms with Gasteiger partial charge >= 0.3 is 0 Å². The van der Waals surface area contributed by atoms with E-state index < -0.39 is 0 Å². The Balaban J connectivity index is 1.66. The average molecular weight is 260 g/mol. The molecule has 1 aromatic carbocycles. The number of likely N-dealkylation sites (tertiary alicyclic amines) is 1. The van der Waals surface area contributed by atoms with Crippen molar-refractivity contribution < 1.29 is 0 Å². The van der Waals surface area contributed by atoms with Crippen molar-refractivity contribution >= 4 is 0 Å². The molecule has 2 nitrogen and oxygen atoms in total. The van der Waals surface area contributed by atoms with Crippen molar-refractivity contribution in [1.29, 1.82) is 0 Å². The zero-order valence-electron chi connectivity index (χ0n) is 12.5. The quantitative estimate of drug-likeness (QED) is 0.791. The zero-order chi connectivity index (χ0) is 13.5. The SMILES string of the molecule is CCc1ccccc1CNCCN1CCC(C)CC1. The van der Waals surface area contributed by atoms with Gasteiger partial charge in [0.15, 0.2) is 0 Å². The van der Waals surface area contributed by atoms with Gasteiger partial charge in [0.25, 0.3) is 0 Å². The van der Waals surface area contributed by atoms with Crippen molar-refractivity contribution in [3.8, 4) is 0 Å². The van der Waals surface area contributed by atoms with Crippen LogP contribution in [0.2, 0.25) is 0 Å². The number of aryl methyl sites for hydroxylation is 1. The fraction of sp³-hybridized carbons (Fsp3) is 0.647. The lowest BCUT2D eigenvalue weighted by molar-refractivity contribution is 0.193. The molecule has 0 atom stereocenters. The summed E-state index contributed by atoms with van der Waals surface area (Å²) >= 11 is 0. The lowest BCUT2D eigenvalue weighted by Crippen LogP contribution is -2.37. The monoisotopic (exact) mass is 260 g/mol. The molecule has 0 unspecified atom stereocenters. The summed E-state index contributed by atoms with van der Waals surface area (Å²) < 4.78 is 0. The minimum absolute atomic E-state index is 0.931. The maximum absolute atomic E-state index is 3.59. The molecule has 0 saturated carbocycles. The van der Waals surface area contributed by atoms with Crippen LogP contribution in [0.1, 0.15) is 37.8 Å². The summed E-state index contributed by atoms with van der Waals surface area (Å²) in [6, 6.07) is 8.76. The molecule has 1 aromatic rings. The van der Waals surface area contributed by atoms with Gasteiger partial charge in [-0.25, -0.2) is 0 Å². The maximum atomic E-state index is 3.59. The Labute approximate surface area is 118 Å². The van der Waals surface area contributed by atoms with Gasteiger partial charge in [0.05, 0.1) is 0 Å². The van der Waals surface area contributed by atoms with Gasteiger partial charge in [-0.2, -0.15) is 0 Å². The predicted octanol–water partition coefficient (Wildman–Crippen LogP) is 3.07. The van der Waals surface area contributed by atoms with E-state index in [4.69, 9.17) is 0 Å². The molecule has 0 radical (unpaired) electrons. The smallest absolute Gasteiger partial charge is 0.0208 e. The van der Waals surface area contributed by atoms with E-state index in [1.807, 2.05) is 0 Å². The van der Waals surface area contributed by atoms with Crippen LogP contribution in [0, 0.1) is 5.92 Å². The highest BCUT2D eigenvalue weighted by Gasteiger charge is 2.14. The summed E-state index contributed by atoms with van der Waals surface area (Å²) in [6.07, 6.45) is 3.87. The highest BCUT2D eigenvalue weighted by molar-refractivity contribution is 5.26. The average Bonchev–Trinajstić information content (AvgIpc) is 2.46. The molecule has 0 aromatic heterocycles. The van der Waals surface area contributed by atoms with Gasteiger partial charge in [0.2, 0.25) is 0 Å². The van der Waals surface area contributed by atoms with Crippen LogP contribution in [0.3, 0.4) is 0 Å². The van der Waals surface area contributed by atoms with Crippen molar-refractivity contribution in [3.63, 3.8) is 0 Å². The number of benzene rings is 1. The zero-order valence-corrected chi connectivity index (χ0v) is 12.5. The number of nitrogens with zero attached hydrogens (tertiary/aromatic N) is 1. The molecule has 1 heterocycles. The van der Waals surface area contributed by atoms with E-state index in [1.165, 1.54) is 43.6 Å². The van der Waals surface area contributed by atoms with Gasteiger partial charge in [-0.3, -0.25) is 0 Å². The van der Waals surface area contributed by atoms with Crippen LogP contribution in [-0.2, 0) is 13.0 Å². The third-order valence-corrected chi connectivity index (χ3v) is 4.30. The molecule has 1 aliphatic rings. The number of rotatable bonds is 6. The van der Waals surface area contributed by atoms with E-state index in [9.17, 15) is 0 Å². The predicted molar refractivity (Wildman–Crippen MR) is 82.4 cm³/mol. The first kappa shape index (κ1) is 14.5. The van der Waals surface area contributed by atoms with E-state index in [0.717, 1.165) is 25.4 Å². The maximum Gasteiger partial charge on any atom is 0.0208 e. The largest absolute Gasteiger partial charge is 0.311 e. The normalized spacial score (nSPS) is 17.8. The van der Waals surface area contributed by atoms with Crippen molar-refractivity contribution in [3.05, 3.63) is 35.4 Å². The fourth-order valence-corrected chi connectivity index (χ4v) is 2.82. The minimum Gasteiger partial charge on any atom is -0.311 e. The lowest BCUT2D eigenvalue weighted by atomic mass is 9.99. The Hall–Kier alpha value is -0.860. The summed E-state index contributed by atoms with van der Waals surface area (Å²) in [5.41, 5.74) is 2.93. The van der Waals surface area contributed by atoms with Gasteiger partial charge < -0.3 is 10.2 Å². The first-order valence-corrected chi connectivity index (χ1v) is 7.79. The van der Waals surface area contributed by atoms with E-state index in [0.29, 0.717) is 0 Å². The number of nitrogens with one attached hydrogen (secondary N) is 1. The topological polar surface area (TPSA) is 15.3 Å². The van der Waals surface area contributed by atoms with Gasteiger partial charge in [-0.05, 0) is 49.4 Å². The van der Waals surface area contributed by atoms with E-state index in [2.05, 4.69) is 48.3 Å². The highest BCUT2D eigenvalue weighted by atomic mass is 15.1.